The van der Waals surface area contributed by atoms with Gasteiger partial charge in [0.25, 0.3) is 0 Å². The van der Waals surface area contributed by atoms with E-state index < -0.39 is 5.60 Å². The predicted octanol–water partition coefficient (Wildman–Crippen LogP) is 3.62. The van der Waals surface area contributed by atoms with Crippen molar-refractivity contribution >= 4 is 0 Å². The largest absolute Gasteiger partial charge is 0.396 e. The maximum Gasteiger partial charge on any atom is 0.103 e. The van der Waals surface area contributed by atoms with Gasteiger partial charge < -0.3 is 10.2 Å². The molecule has 2 saturated carbocycles. The number of rotatable bonds is 4. The van der Waals surface area contributed by atoms with Crippen LogP contribution in [0, 0.1) is 22.7 Å². The molecule has 1 aliphatic heterocycles. The summed E-state index contributed by atoms with van der Waals surface area (Å²) in [5.41, 5.74) is 0.766. The highest BCUT2D eigenvalue weighted by Gasteiger charge is 2.58. The molecule has 0 unspecified atom stereocenters. The summed E-state index contributed by atoms with van der Waals surface area (Å²) in [5.74, 6) is 0.757. The summed E-state index contributed by atoms with van der Waals surface area (Å²) in [6.45, 7) is 7.98. The Kier molecular flexibility index (Phi) is 5.14. The Morgan fingerprint density at radius 1 is 1.17 bits per heavy atom. The van der Waals surface area contributed by atoms with Crippen molar-refractivity contribution in [1.29, 1.82) is 0 Å². The molecule has 1 heterocycles. The summed E-state index contributed by atoms with van der Waals surface area (Å²) in [7, 11) is 0. The lowest BCUT2D eigenvalue weighted by molar-refractivity contribution is -0.286. The van der Waals surface area contributed by atoms with E-state index in [1.165, 1.54) is 5.57 Å². The second kappa shape index (κ2) is 6.71. The van der Waals surface area contributed by atoms with Gasteiger partial charge in [0.15, 0.2) is 0 Å². The molecule has 2 aliphatic carbocycles. The maximum atomic E-state index is 11.2. The zero-order valence-corrected chi connectivity index (χ0v) is 15.5. The molecular weight excluding hydrogens is 304 g/mol. The molecule has 24 heavy (non-hydrogen) atoms. The maximum absolute atomic E-state index is 11.2. The van der Waals surface area contributed by atoms with Crippen molar-refractivity contribution < 1.29 is 20.0 Å². The molecule has 5 atom stereocenters. The van der Waals surface area contributed by atoms with E-state index in [0.717, 1.165) is 44.9 Å². The van der Waals surface area contributed by atoms with E-state index in [9.17, 15) is 10.2 Å². The Bertz CT molecular complexity index is 486. The van der Waals surface area contributed by atoms with Gasteiger partial charge in [-0.15, -0.1) is 0 Å². The van der Waals surface area contributed by atoms with Gasteiger partial charge in [-0.25, -0.2) is 9.78 Å². The molecule has 4 nitrogen and oxygen atoms in total. The minimum atomic E-state index is -0.620. The molecule has 0 saturated heterocycles. The van der Waals surface area contributed by atoms with Gasteiger partial charge in [0.1, 0.15) is 13.2 Å². The van der Waals surface area contributed by atoms with Crippen LogP contribution < -0.4 is 0 Å². The van der Waals surface area contributed by atoms with Gasteiger partial charge in [-0.05, 0) is 73.7 Å². The Morgan fingerprint density at radius 2 is 1.96 bits per heavy atom. The molecule has 0 aromatic carbocycles. The standard InChI is InChI=1S/C20H34O4/c1-18(14-21)9-4-10-19(2)16(18)7-11-20(3,22)17(19)6-5-15-8-12-23-24-13-15/h8,16-17,21-22H,4-7,9-14H2,1-3H3/t16-,17+,18-,19-,20+/m1/s1. The molecule has 3 rings (SSSR count). The Balaban J connectivity index is 1.82. The molecule has 138 valence electrons. The third-order valence-electron chi connectivity index (χ3n) is 7.47. The lowest BCUT2D eigenvalue weighted by Gasteiger charge is -2.61. The van der Waals surface area contributed by atoms with E-state index in [4.69, 9.17) is 9.78 Å². The molecule has 2 fully saturated rings. The van der Waals surface area contributed by atoms with Gasteiger partial charge in [0, 0.05) is 6.61 Å². The van der Waals surface area contributed by atoms with Crippen LogP contribution in [0.25, 0.3) is 0 Å². The molecular formula is C20H34O4. The van der Waals surface area contributed by atoms with Crippen molar-refractivity contribution in [3.8, 4) is 0 Å². The summed E-state index contributed by atoms with van der Waals surface area (Å²) in [6, 6.07) is 0. The molecule has 0 aromatic rings. The normalized spacial score (nSPS) is 46.3. The van der Waals surface area contributed by atoms with Gasteiger partial charge >= 0.3 is 0 Å². The van der Waals surface area contributed by atoms with Crippen LogP contribution in [0.15, 0.2) is 11.6 Å². The Morgan fingerprint density at radius 3 is 2.62 bits per heavy atom. The van der Waals surface area contributed by atoms with Gasteiger partial charge in [-0.2, -0.15) is 0 Å². The van der Waals surface area contributed by atoms with E-state index in [0.29, 0.717) is 19.1 Å². The first-order valence-corrected chi connectivity index (χ1v) is 9.57. The van der Waals surface area contributed by atoms with Crippen LogP contribution in [0.1, 0.15) is 65.7 Å². The monoisotopic (exact) mass is 338 g/mol. The fraction of sp³-hybridized carbons (Fsp3) is 0.900. The average molecular weight is 338 g/mol. The van der Waals surface area contributed by atoms with Crippen molar-refractivity contribution in [3.05, 3.63) is 11.6 Å². The summed E-state index contributed by atoms with van der Waals surface area (Å²) in [4.78, 5) is 10.0. The average Bonchev–Trinajstić information content (AvgIpc) is 2.54. The smallest absolute Gasteiger partial charge is 0.103 e. The van der Waals surface area contributed by atoms with E-state index in [1.807, 2.05) is 6.92 Å². The van der Waals surface area contributed by atoms with Crippen molar-refractivity contribution in [2.75, 3.05) is 19.8 Å². The zero-order chi connectivity index (χ0) is 17.4. The van der Waals surface area contributed by atoms with E-state index in [-0.39, 0.29) is 23.4 Å². The number of aliphatic hydroxyl groups excluding tert-OH is 1. The Hall–Kier alpha value is -0.420. The predicted molar refractivity (Wildman–Crippen MR) is 93.2 cm³/mol. The van der Waals surface area contributed by atoms with Crippen LogP contribution in [0.2, 0.25) is 0 Å². The number of hydrogen-bond acceptors (Lipinski definition) is 4. The highest BCUT2D eigenvalue weighted by atomic mass is 17.2. The fourth-order valence-electron chi connectivity index (χ4n) is 6.14. The first-order chi connectivity index (χ1) is 11.3. The second-order valence-electron chi connectivity index (χ2n) is 9.12. The van der Waals surface area contributed by atoms with Gasteiger partial charge in [0.05, 0.1) is 5.60 Å². The number of aliphatic hydroxyl groups is 2. The van der Waals surface area contributed by atoms with Crippen LogP contribution in [0.5, 0.6) is 0 Å². The highest BCUT2D eigenvalue weighted by molar-refractivity contribution is 5.10. The molecule has 3 aliphatic rings. The molecule has 0 aromatic heterocycles. The second-order valence-corrected chi connectivity index (χ2v) is 9.12. The summed E-state index contributed by atoms with van der Waals surface area (Å²) < 4.78 is 0. The van der Waals surface area contributed by atoms with Crippen LogP contribution in [-0.4, -0.2) is 35.6 Å². The van der Waals surface area contributed by atoms with E-state index in [2.05, 4.69) is 19.9 Å². The lowest BCUT2D eigenvalue weighted by Crippen LogP contribution is -2.58. The minimum Gasteiger partial charge on any atom is -0.396 e. The van der Waals surface area contributed by atoms with E-state index >= 15 is 0 Å². The van der Waals surface area contributed by atoms with Crippen LogP contribution >= 0.6 is 0 Å². The number of fused-ring (bicyclic) bond motifs is 1. The SMILES string of the molecule is C[C@]1(CO)CCC[C@]2(C)[C@@H]1CC[C@](C)(O)[C@H]2CCC1=CCOOC1. The van der Waals surface area contributed by atoms with Crippen molar-refractivity contribution in [2.45, 2.75) is 71.3 Å². The van der Waals surface area contributed by atoms with Crippen LogP contribution in [-0.2, 0) is 9.78 Å². The topological polar surface area (TPSA) is 58.9 Å². The van der Waals surface area contributed by atoms with Crippen molar-refractivity contribution in [1.82, 2.24) is 0 Å². The number of hydrogen-bond donors (Lipinski definition) is 2. The van der Waals surface area contributed by atoms with Gasteiger partial charge in [-0.3, -0.25) is 0 Å². The Labute approximate surface area is 146 Å². The third-order valence-corrected chi connectivity index (χ3v) is 7.47. The summed E-state index contributed by atoms with van der Waals surface area (Å²) >= 11 is 0. The van der Waals surface area contributed by atoms with Crippen LogP contribution in [0.3, 0.4) is 0 Å². The molecule has 0 spiro atoms. The first-order valence-electron chi connectivity index (χ1n) is 9.57. The summed E-state index contributed by atoms with van der Waals surface area (Å²) in [5, 5.41) is 21.2. The van der Waals surface area contributed by atoms with Gasteiger partial charge in [-0.1, -0.05) is 26.3 Å². The molecule has 0 bridgehead atoms. The van der Waals surface area contributed by atoms with Crippen molar-refractivity contribution in [3.63, 3.8) is 0 Å². The third kappa shape index (κ3) is 3.18. The molecule has 0 amide bonds. The first kappa shape index (κ1) is 18.4. The van der Waals surface area contributed by atoms with Crippen molar-refractivity contribution in [2.24, 2.45) is 22.7 Å². The molecule has 4 heteroatoms. The highest BCUT2D eigenvalue weighted by Crippen LogP contribution is 2.63. The van der Waals surface area contributed by atoms with Crippen LogP contribution in [0.4, 0.5) is 0 Å². The molecule has 2 N–H and O–H groups in total. The lowest BCUT2D eigenvalue weighted by atomic mass is 9.45. The van der Waals surface area contributed by atoms with Gasteiger partial charge in [0.2, 0.25) is 0 Å². The van der Waals surface area contributed by atoms with E-state index in [1.54, 1.807) is 0 Å². The zero-order valence-electron chi connectivity index (χ0n) is 15.5. The minimum absolute atomic E-state index is 0.00279. The quantitative estimate of drug-likeness (QED) is 0.607. The summed E-state index contributed by atoms with van der Waals surface area (Å²) in [6.07, 6.45) is 9.33. The molecule has 0 radical (unpaired) electrons. The fourth-order valence-corrected chi connectivity index (χ4v) is 6.14.